The molecule has 2 unspecified atom stereocenters. The fraction of sp³-hybridized carbons (Fsp3) is 0.320. The van der Waals surface area contributed by atoms with Crippen LogP contribution in [0.4, 0.5) is 0 Å². The molecule has 2 aromatic rings. The number of thioether (sulfide) groups is 1. The number of hydrazone groups is 1. The predicted octanol–water partition coefficient (Wildman–Crippen LogP) is 3.45. The lowest BCUT2D eigenvalue weighted by molar-refractivity contribution is -0.116. The molecule has 2 aliphatic heterocycles. The molecule has 0 radical (unpaired) electrons. The van der Waals surface area contributed by atoms with E-state index in [2.05, 4.69) is 49.5 Å². The van der Waals surface area contributed by atoms with E-state index < -0.39 is 0 Å². The van der Waals surface area contributed by atoms with Crippen molar-refractivity contribution in [3.63, 3.8) is 0 Å². The summed E-state index contributed by atoms with van der Waals surface area (Å²) in [7, 11) is 0. The summed E-state index contributed by atoms with van der Waals surface area (Å²) in [5.74, 6) is 0.994. The van der Waals surface area contributed by atoms with Gasteiger partial charge in [-0.25, -0.2) is 5.01 Å². The molecule has 2 heterocycles. The molecule has 1 N–H and O–H groups in total. The molecular formula is C25H26N4OS. The predicted molar refractivity (Wildman–Crippen MR) is 125 cm³/mol. The minimum absolute atomic E-state index is 0.101. The van der Waals surface area contributed by atoms with Crippen LogP contribution in [0.3, 0.4) is 0 Å². The molecule has 31 heavy (non-hydrogen) atoms. The highest BCUT2D eigenvalue weighted by molar-refractivity contribution is 8.13. The normalized spacial score (nSPS) is 22.6. The Morgan fingerprint density at radius 2 is 1.94 bits per heavy atom. The maximum atomic E-state index is 13.2. The Labute approximate surface area is 186 Å². The van der Waals surface area contributed by atoms with Crippen LogP contribution in [0.2, 0.25) is 0 Å². The molecule has 6 heteroatoms. The van der Waals surface area contributed by atoms with Crippen LogP contribution >= 0.6 is 11.8 Å². The summed E-state index contributed by atoms with van der Waals surface area (Å²) >= 11 is 1.56. The summed E-state index contributed by atoms with van der Waals surface area (Å²) in [5, 5.41) is 12.2. The van der Waals surface area contributed by atoms with E-state index in [1.54, 1.807) is 11.8 Å². The third-order valence-electron chi connectivity index (χ3n) is 6.14. The van der Waals surface area contributed by atoms with E-state index in [4.69, 9.17) is 10.1 Å². The summed E-state index contributed by atoms with van der Waals surface area (Å²) in [6.07, 6.45) is 5.26. The average molecular weight is 431 g/mol. The number of para-hydroxylation sites is 1. The van der Waals surface area contributed by atoms with Crippen molar-refractivity contribution in [1.29, 1.82) is 0 Å². The number of nitrogens with zero attached hydrogens (tertiary/aromatic N) is 3. The number of benzene rings is 2. The summed E-state index contributed by atoms with van der Waals surface area (Å²) in [5.41, 5.74) is 4.50. The average Bonchev–Trinajstić information content (AvgIpc) is 2.78. The van der Waals surface area contributed by atoms with Gasteiger partial charge in [0.25, 0.3) is 5.91 Å². The Bertz CT molecular complexity index is 1200. The van der Waals surface area contributed by atoms with Crippen LogP contribution in [0.15, 0.2) is 70.3 Å². The van der Waals surface area contributed by atoms with E-state index >= 15 is 0 Å². The maximum Gasteiger partial charge on any atom is 0.276 e. The fourth-order valence-corrected chi connectivity index (χ4v) is 5.12. The Balaban J connectivity index is 1.49. The first kappa shape index (κ1) is 20.1. The van der Waals surface area contributed by atoms with Crippen LogP contribution in [0.5, 0.6) is 0 Å². The van der Waals surface area contributed by atoms with Crippen molar-refractivity contribution in [1.82, 2.24) is 10.3 Å². The van der Waals surface area contributed by atoms with E-state index in [9.17, 15) is 4.79 Å². The molecule has 2 atom stereocenters. The third kappa shape index (κ3) is 4.04. The smallest absolute Gasteiger partial charge is 0.276 e. The van der Waals surface area contributed by atoms with Gasteiger partial charge in [0.05, 0.1) is 5.36 Å². The minimum atomic E-state index is -0.157. The van der Waals surface area contributed by atoms with Gasteiger partial charge in [-0.3, -0.25) is 15.1 Å². The fourth-order valence-electron chi connectivity index (χ4n) is 4.32. The van der Waals surface area contributed by atoms with Crippen molar-refractivity contribution in [3.8, 4) is 0 Å². The largest absolute Gasteiger partial charge is 0.298 e. The first-order valence-electron chi connectivity index (χ1n) is 10.8. The highest BCUT2D eigenvalue weighted by Gasteiger charge is 2.37. The third-order valence-corrected chi connectivity index (χ3v) is 7.08. The molecule has 0 aromatic heterocycles. The summed E-state index contributed by atoms with van der Waals surface area (Å²) in [6, 6.07) is 16.3. The summed E-state index contributed by atoms with van der Waals surface area (Å²) < 4.78 is 0. The van der Waals surface area contributed by atoms with Gasteiger partial charge in [-0.05, 0) is 44.7 Å². The molecule has 3 aliphatic rings. The molecule has 158 valence electrons. The van der Waals surface area contributed by atoms with E-state index in [0.717, 1.165) is 35.6 Å². The Morgan fingerprint density at radius 3 is 2.71 bits per heavy atom. The Morgan fingerprint density at radius 1 is 1.13 bits per heavy atom. The van der Waals surface area contributed by atoms with Crippen LogP contribution < -0.4 is 15.9 Å². The van der Waals surface area contributed by atoms with Crippen LogP contribution in [-0.4, -0.2) is 22.2 Å². The van der Waals surface area contributed by atoms with Gasteiger partial charge in [-0.2, -0.15) is 0 Å². The van der Waals surface area contributed by atoms with Gasteiger partial charge in [-0.15, -0.1) is 5.10 Å². The van der Waals surface area contributed by atoms with E-state index in [0.29, 0.717) is 16.8 Å². The number of hydrogen-bond acceptors (Lipinski definition) is 5. The number of amides is 1. The second-order valence-electron chi connectivity index (χ2n) is 8.47. The van der Waals surface area contributed by atoms with Gasteiger partial charge in [0.2, 0.25) is 0 Å². The molecule has 1 amide bonds. The molecule has 0 bridgehead atoms. The SMILES string of the molecule is CC1=CCC(C2N=c3ccccc3=C3C(=O)NC(SCc4ccc(C)cc4)=NN32)CC1. The number of hydrogen-bond donors (Lipinski definition) is 1. The Hall–Kier alpha value is -2.86. The second kappa shape index (κ2) is 8.35. The highest BCUT2D eigenvalue weighted by Crippen LogP contribution is 2.33. The van der Waals surface area contributed by atoms with Crippen molar-refractivity contribution in [2.75, 3.05) is 0 Å². The monoisotopic (exact) mass is 430 g/mol. The minimum Gasteiger partial charge on any atom is -0.298 e. The number of aryl methyl sites for hydroxylation is 1. The number of carbonyl (C=O) groups excluding carboxylic acids is 1. The van der Waals surface area contributed by atoms with Crippen LogP contribution in [0.25, 0.3) is 5.70 Å². The lowest BCUT2D eigenvalue weighted by Gasteiger charge is -2.38. The number of rotatable bonds is 3. The highest BCUT2D eigenvalue weighted by atomic mass is 32.2. The van der Waals surface area contributed by atoms with Crippen molar-refractivity contribution in [3.05, 3.63) is 81.9 Å². The van der Waals surface area contributed by atoms with Crippen LogP contribution in [-0.2, 0) is 10.5 Å². The summed E-state index contributed by atoms with van der Waals surface area (Å²) in [6.45, 7) is 4.27. The van der Waals surface area contributed by atoms with Crippen LogP contribution in [0.1, 0.15) is 37.3 Å². The van der Waals surface area contributed by atoms with Crippen molar-refractivity contribution < 1.29 is 4.79 Å². The van der Waals surface area contributed by atoms with E-state index in [-0.39, 0.29) is 12.1 Å². The molecule has 0 fully saturated rings. The second-order valence-corrected chi connectivity index (χ2v) is 9.44. The molecule has 0 spiro atoms. The lowest BCUT2D eigenvalue weighted by Crippen LogP contribution is -2.54. The van der Waals surface area contributed by atoms with Crippen molar-refractivity contribution in [2.45, 2.75) is 45.0 Å². The van der Waals surface area contributed by atoms with E-state index in [1.807, 2.05) is 29.3 Å². The quantitative estimate of drug-likeness (QED) is 0.759. The van der Waals surface area contributed by atoms with Crippen LogP contribution in [0, 0.1) is 12.8 Å². The van der Waals surface area contributed by atoms with Gasteiger partial charge in [0, 0.05) is 16.9 Å². The number of amidine groups is 1. The molecular weight excluding hydrogens is 404 g/mol. The number of fused-ring (bicyclic) bond motifs is 2. The van der Waals surface area contributed by atoms with Crippen molar-refractivity contribution in [2.24, 2.45) is 16.0 Å². The molecule has 5 nitrogen and oxygen atoms in total. The van der Waals surface area contributed by atoms with Crippen molar-refractivity contribution >= 4 is 28.5 Å². The van der Waals surface area contributed by atoms with Gasteiger partial charge in [0.15, 0.2) is 5.17 Å². The number of nitrogens with one attached hydrogen (secondary N) is 1. The number of carbonyl (C=O) groups is 1. The topological polar surface area (TPSA) is 57.1 Å². The zero-order chi connectivity index (χ0) is 21.4. The standard InChI is InChI=1S/C25H26N4OS/c1-16-7-11-18(12-8-16)15-31-25-27-24(30)22-20-5-3-4-6-21(20)26-23(29(22)28-25)19-13-9-17(2)10-14-19/h3-9,11-12,19,23H,10,13-15H2,1-2H3,(H,27,28,30). The zero-order valence-electron chi connectivity index (χ0n) is 17.8. The molecule has 5 rings (SSSR count). The number of allylic oxidation sites excluding steroid dienone is 2. The van der Waals surface area contributed by atoms with Gasteiger partial charge < -0.3 is 0 Å². The van der Waals surface area contributed by atoms with Gasteiger partial charge in [-0.1, -0.05) is 71.4 Å². The summed E-state index contributed by atoms with van der Waals surface area (Å²) in [4.78, 5) is 18.3. The molecule has 0 saturated carbocycles. The maximum absolute atomic E-state index is 13.2. The molecule has 2 aromatic carbocycles. The first-order valence-corrected chi connectivity index (χ1v) is 11.8. The zero-order valence-corrected chi connectivity index (χ0v) is 18.7. The lowest BCUT2D eigenvalue weighted by atomic mass is 9.87. The van der Waals surface area contributed by atoms with Gasteiger partial charge in [0.1, 0.15) is 11.9 Å². The molecule has 1 aliphatic carbocycles. The van der Waals surface area contributed by atoms with E-state index in [1.165, 1.54) is 16.7 Å². The Kier molecular flexibility index (Phi) is 5.40. The van der Waals surface area contributed by atoms with Gasteiger partial charge >= 0.3 is 0 Å². The first-order chi connectivity index (χ1) is 15.1. The molecule has 0 saturated heterocycles.